The zero-order valence-corrected chi connectivity index (χ0v) is 12.6. The second-order valence-corrected chi connectivity index (χ2v) is 6.31. The zero-order chi connectivity index (χ0) is 14.1. The van der Waals surface area contributed by atoms with Crippen LogP contribution in [0.15, 0.2) is 29.6 Å². The summed E-state index contributed by atoms with van der Waals surface area (Å²) in [5.41, 5.74) is 3.56. The van der Waals surface area contributed by atoms with Crippen molar-refractivity contribution in [2.24, 2.45) is 0 Å². The molecule has 1 amide bonds. The molecule has 2 aromatic rings. The van der Waals surface area contributed by atoms with E-state index in [-0.39, 0.29) is 11.8 Å². The molecule has 1 heterocycles. The van der Waals surface area contributed by atoms with Crippen molar-refractivity contribution in [3.8, 4) is 0 Å². The van der Waals surface area contributed by atoms with Gasteiger partial charge in [0.1, 0.15) is 5.01 Å². The Kier molecular flexibility index (Phi) is 3.57. The summed E-state index contributed by atoms with van der Waals surface area (Å²) in [7, 11) is 1.88. The highest BCUT2D eigenvalue weighted by Gasteiger charge is 2.30. The number of rotatable bonds is 3. The first-order chi connectivity index (χ1) is 9.65. The molecule has 0 N–H and O–H groups in total. The SMILES string of the molecule is Cc1csc(CN(C)C(=O)[C@@H]2CCc3ccccc32)n1. The van der Waals surface area contributed by atoms with E-state index in [1.807, 2.05) is 36.4 Å². The summed E-state index contributed by atoms with van der Waals surface area (Å²) < 4.78 is 0. The Bertz CT molecular complexity index is 635. The minimum atomic E-state index is 0.0252. The second kappa shape index (κ2) is 5.37. The highest BCUT2D eigenvalue weighted by Crippen LogP contribution is 2.34. The van der Waals surface area contributed by atoms with E-state index in [1.54, 1.807) is 11.3 Å². The summed E-state index contributed by atoms with van der Waals surface area (Å²) in [5, 5.41) is 3.03. The Balaban J connectivity index is 1.73. The number of hydrogen-bond acceptors (Lipinski definition) is 3. The maximum Gasteiger partial charge on any atom is 0.230 e. The van der Waals surface area contributed by atoms with Crippen LogP contribution in [0.25, 0.3) is 0 Å². The van der Waals surface area contributed by atoms with Crippen LogP contribution in [0.3, 0.4) is 0 Å². The number of amides is 1. The highest BCUT2D eigenvalue weighted by molar-refractivity contribution is 7.09. The maximum atomic E-state index is 12.6. The number of fused-ring (bicyclic) bond motifs is 1. The van der Waals surface area contributed by atoms with Gasteiger partial charge in [0.15, 0.2) is 0 Å². The fourth-order valence-electron chi connectivity index (χ4n) is 2.84. The highest BCUT2D eigenvalue weighted by atomic mass is 32.1. The van der Waals surface area contributed by atoms with Gasteiger partial charge in [-0.2, -0.15) is 0 Å². The molecule has 0 saturated carbocycles. The molecule has 1 aliphatic rings. The molecule has 1 aromatic heterocycles. The molecule has 0 aliphatic heterocycles. The molecule has 0 unspecified atom stereocenters. The molecule has 3 rings (SSSR count). The number of carbonyl (C=O) groups is 1. The van der Waals surface area contributed by atoms with Gasteiger partial charge >= 0.3 is 0 Å². The molecule has 1 aromatic carbocycles. The van der Waals surface area contributed by atoms with Gasteiger partial charge in [0.2, 0.25) is 5.91 Å². The lowest BCUT2D eigenvalue weighted by molar-refractivity contribution is -0.132. The van der Waals surface area contributed by atoms with Crippen molar-refractivity contribution in [3.63, 3.8) is 0 Å². The average Bonchev–Trinajstić information content (AvgIpc) is 3.04. The summed E-state index contributed by atoms with van der Waals surface area (Å²) in [4.78, 5) is 18.9. The van der Waals surface area contributed by atoms with E-state index in [4.69, 9.17) is 0 Å². The molecule has 0 saturated heterocycles. The van der Waals surface area contributed by atoms with Crippen molar-refractivity contribution in [1.29, 1.82) is 0 Å². The normalized spacial score (nSPS) is 17.0. The molecular weight excluding hydrogens is 268 g/mol. The van der Waals surface area contributed by atoms with Crippen LogP contribution < -0.4 is 0 Å². The van der Waals surface area contributed by atoms with Crippen molar-refractivity contribution in [1.82, 2.24) is 9.88 Å². The van der Waals surface area contributed by atoms with E-state index in [0.29, 0.717) is 6.54 Å². The predicted octanol–water partition coefficient (Wildman–Crippen LogP) is 3.14. The molecular formula is C16H18N2OS. The minimum absolute atomic E-state index is 0.0252. The molecule has 0 fully saturated rings. The predicted molar refractivity (Wildman–Crippen MR) is 80.8 cm³/mol. The van der Waals surface area contributed by atoms with Gasteiger partial charge in [-0.05, 0) is 30.9 Å². The number of hydrogen-bond donors (Lipinski definition) is 0. The van der Waals surface area contributed by atoms with Crippen LogP contribution in [0, 0.1) is 6.92 Å². The lowest BCUT2D eigenvalue weighted by Gasteiger charge is -2.20. The van der Waals surface area contributed by atoms with Crippen LogP contribution in [0.4, 0.5) is 0 Å². The molecule has 1 aliphatic carbocycles. The Morgan fingerprint density at radius 3 is 3.00 bits per heavy atom. The van der Waals surface area contributed by atoms with Crippen LogP contribution >= 0.6 is 11.3 Å². The topological polar surface area (TPSA) is 33.2 Å². The van der Waals surface area contributed by atoms with Crippen molar-refractivity contribution in [2.75, 3.05) is 7.05 Å². The smallest absolute Gasteiger partial charge is 0.230 e. The number of carbonyl (C=O) groups excluding carboxylic acids is 1. The van der Waals surface area contributed by atoms with Crippen molar-refractivity contribution >= 4 is 17.2 Å². The lowest BCUT2D eigenvalue weighted by atomic mass is 10.00. The average molecular weight is 286 g/mol. The van der Waals surface area contributed by atoms with Crippen LogP contribution in [0.1, 0.15) is 34.2 Å². The van der Waals surface area contributed by atoms with E-state index in [0.717, 1.165) is 23.5 Å². The molecule has 0 radical (unpaired) electrons. The Morgan fingerprint density at radius 1 is 1.45 bits per heavy atom. The van der Waals surface area contributed by atoms with E-state index in [9.17, 15) is 4.79 Å². The molecule has 0 bridgehead atoms. The van der Waals surface area contributed by atoms with Crippen molar-refractivity contribution in [2.45, 2.75) is 32.2 Å². The van der Waals surface area contributed by atoms with E-state index in [1.165, 1.54) is 11.1 Å². The largest absolute Gasteiger partial charge is 0.338 e. The van der Waals surface area contributed by atoms with Gasteiger partial charge in [0.25, 0.3) is 0 Å². The lowest BCUT2D eigenvalue weighted by Crippen LogP contribution is -2.30. The number of aromatic nitrogens is 1. The van der Waals surface area contributed by atoms with Crippen LogP contribution in [-0.4, -0.2) is 22.8 Å². The summed E-state index contributed by atoms with van der Waals surface area (Å²) >= 11 is 1.62. The standard InChI is InChI=1S/C16H18N2OS/c1-11-10-20-15(17-11)9-18(2)16(19)14-8-7-12-5-3-4-6-13(12)14/h3-6,10,14H,7-9H2,1-2H3/t14-/m1/s1. The number of thiazole rings is 1. The quantitative estimate of drug-likeness (QED) is 0.868. The summed E-state index contributed by atoms with van der Waals surface area (Å²) in [6.07, 6.45) is 1.94. The van der Waals surface area contributed by atoms with E-state index in [2.05, 4.69) is 17.1 Å². The molecule has 20 heavy (non-hydrogen) atoms. The minimum Gasteiger partial charge on any atom is -0.338 e. The third kappa shape index (κ3) is 2.48. The Hall–Kier alpha value is -1.68. The monoisotopic (exact) mass is 286 g/mol. The first-order valence-electron chi connectivity index (χ1n) is 6.89. The van der Waals surface area contributed by atoms with Gasteiger partial charge in [0, 0.05) is 18.1 Å². The molecule has 4 heteroatoms. The Morgan fingerprint density at radius 2 is 2.25 bits per heavy atom. The van der Waals surface area contributed by atoms with Gasteiger partial charge in [-0.1, -0.05) is 24.3 Å². The third-order valence-electron chi connectivity index (χ3n) is 3.85. The van der Waals surface area contributed by atoms with Crippen LogP contribution in [0.5, 0.6) is 0 Å². The van der Waals surface area contributed by atoms with Gasteiger partial charge < -0.3 is 4.90 Å². The van der Waals surface area contributed by atoms with Crippen molar-refractivity contribution < 1.29 is 4.79 Å². The fraction of sp³-hybridized carbons (Fsp3) is 0.375. The van der Waals surface area contributed by atoms with Gasteiger partial charge in [0.05, 0.1) is 12.5 Å². The number of nitrogens with zero attached hydrogens (tertiary/aromatic N) is 2. The van der Waals surface area contributed by atoms with E-state index >= 15 is 0 Å². The molecule has 1 atom stereocenters. The van der Waals surface area contributed by atoms with E-state index < -0.39 is 0 Å². The molecule has 0 spiro atoms. The first-order valence-corrected chi connectivity index (χ1v) is 7.77. The summed E-state index contributed by atoms with van der Waals surface area (Å²) in [6, 6.07) is 8.29. The second-order valence-electron chi connectivity index (χ2n) is 5.37. The van der Waals surface area contributed by atoms with Gasteiger partial charge in [-0.3, -0.25) is 4.79 Å². The summed E-state index contributed by atoms with van der Waals surface area (Å²) in [6.45, 7) is 2.59. The van der Waals surface area contributed by atoms with Gasteiger partial charge in [-0.25, -0.2) is 4.98 Å². The maximum absolute atomic E-state index is 12.6. The Labute approximate surface area is 123 Å². The zero-order valence-electron chi connectivity index (χ0n) is 11.8. The molecule has 3 nitrogen and oxygen atoms in total. The van der Waals surface area contributed by atoms with Crippen LogP contribution in [-0.2, 0) is 17.8 Å². The van der Waals surface area contributed by atoms with Crippen molar-refractivity contribution in [3.05, 3.63) is 51.5 Å². The van der Waals surface area contributed by atoms with Gasteiger partial charge in [-0.15, -0.1) is 11.3 Å². The molecule has 104 valence electrons. The summed E-state index contributed by atoms with van der Waals surface area (Å²) in [5.74, 6) is 0.236. The number of aryl methyl sites for hydroxylation is 2. The first kappa shape index (κ1) is 13.3. The number of likely N-dealkylation sites (N-methyl/N-ethyl adjacent to an activating group) is 1. The number of benzene rings is 1. The third-order valence-corrected chi connectivity index (χ3v) is 4.80. The fourth-order valence-corrected chi connectivity index (χ4v) is 3.66. The van der Waals surface area contributed by atoms with Crippen LogP contribution in [0.2, 0.25) is 0 Å².